The van der Waals surface area contributed by atoms with Crippen LogP contribution in [0.5, 0.6) is 17.2 Å². The Hall–Kier alpha value is -10.6. The fourth-order valence-electron chi connectivity index (χ4n) is 13.4. The molecular formula is C91H84O4S2. The van der Waals surface area contributed by atoms with Gasteiger partial charge in [0.25, 0.3) is 0 Å². The lowest BCUT2D eigenvalue weighted by atomic mass is 9.67. The third-order valence-electron chi connectivity index (χ3n) is 17.5. The molecular weight excluding hydrogens is 1220 g/mol. The van der Waals surface area contributed by atoms with Crippen LogP contribution in [-0.2, 0) is 10.8 Å². The number of aromatic hydroxyl groups is 2. The van der Waals surface area contributed by atoms with Gasteiger partial charge in [-0.1, -0.05) is 304 Å². The fraction of sp³-hybridized carbons (Fsp3) is 0.132. The summed E-state index contributed by atoms with van der Waals surface area (Å²) in [6, 6.07) is 108. The molecule has 2 heterocycles. The molecule has 0 radical (unpaired) electrons. The first-order chi connectivity index (χ1) is 47.7. The van der Waals surface area contributed by atoms with Crippen molar-refractivity contribution in [2.45, 2.75) is 73.1 Å². The van der Waals surface area contributed by atoms with Crippen molar-refractivity contribution in [1.29, 1.82) is 0 Å². The van der Waals surface area contributed by atoms with Gasteiger partial charge in [0, 0.05) is 51.5 Å². The smallest absolute Gasteiger partial charge is 0.193 e. The molecule has 2 aliphatic rings. The molecule has 2 aliphatic carbocycles. The van der Waals surface area contributed by atoms with E-state index in [1.807, 2.05) is 146 Å². The van der Waals surface area contributed by atoms with Crippen molar-refractivity contribution in [3.05, 3.63) is 377 Å². The summed E-state index contributed by atoms with van der Waals surface area (Å²) < 4.78 is 10.7. The second-order valence-electron chi connectivity index (χ2n) is 22.5. The highest BCUT2D eigenvalue weighted by molar-refractivity contribution is 7.26. The molecule has 0 unspecified atom stereocenters. The monoisotopic (exact) mass is 1300 g/mol. The Morgan fingerprint density at radius 2 is 0.608 bits per heavy atom. The molecule has 2 aromatic heterocycles. The van der Waals surface area contributed by atoms with Crippen LogP contribution in [0.3, 0.4) is 0 Å². The number of fused-ring (bicyclic) bond motifs is 12. The highest BCUT2D eigenvalue weighted by Gasteiger charge is 2.47. The number of thiophene rings is 2. The van der Waals surface area contributed by atoms with E-state index in [1.54, 1.807) is 42.7 Å². The number of ketones is 1. The number of phenols is 2. The highest BCUT2D eigenvalue weighted by Crippen LogP contribution is 2.58. The number of phenolic OH excluding ortho intramolecular Hbond substituents is 2. The van der Waals surface area contributed by atoms with Crippen molar-refractivity contribution in [2.24, 2.45) is 0 Å². The van der Waals surface area contributed by atoms with E-state index in [0.717, 1.165) is 33.4 Å². The minimum atomic E-state index is -0.491. The second kappa shape index (κ2) is 32.2. The fourth-order valence-corrected chi connectivity index (χ4v) is 15.6. The van der Waals surface area contributed by atoms with Gasteiger partial charge >= 0.3 is 0 Å². The van der Waals surface area contributed by atoms with Crippen LogP contribution >= 0.6 is 22.7 Å². The number of aryl methyl sites for hydroxylation is 1. The zero-order valence-corrected chi connectivity index (χ0v) is 58.7. The minimum absolute atomic E-state index is 0.0766. The van der Waals surface area contributed by atoms with Gasteiger partial charge in [-0.15, -0.1) is 22.7 Å². The van der Waals surface area contributed by atoms with Crippen LogP contribution in [0.4, 0.5) is 0 Å². The maximum Gasteiger partial charge on any atom is 0.193 e. The minimum Gasteiger partial charge on any atom is -0.508 e. The second-order valence-corrected chi connectivity index (χ2v) is 24.6. The van der Waals surface area contributed by atoms with Crippen LogP contribution in [0.2, 0.25) is 0 Å². The number of methoxy groups -OCH3 is 1. The molecule has 4 nitrogen and oxygen atoms in total. The summed E-state index contributed by atoms with van der Waals surface area (Å²) in [6.07, 6.45) is 0. The van der Waals surface area contributed by atoms with Crippen LogP contribution in [-0.4, -0.2) is 23.1 Å². The van der Waals surface area contributed by atoms with E-state index in [0.29, 0.717) is 0 Å². The van der Waals surface area contributed by atoms with Crippen molar-refractivity contribution < 1.29 is 19.7 Å². The van der Waals surface area contributed by atoms with Crippen LogP contribution < -0.4 is 4.74 Å². The molecule has 0 saturated heterocycles. The molecule has 15 aromatic rings. The lowest BCUT2D eigenvalue weighted by Gasteiger charge is -2.34. The summed E-state index contributed by atoms with van der Waals surface area (Å²) in [6.45, 7) is 18.1. The average molecular weight is 1310 g/mol. The van der Waals surface area contributed by atoms with Gasteiger partial charge in [-0.25, -0.2) is 0 Å². The predicted octanol–water partition coefficient (Wildman–Crippen LogP) is 25.3. The van der Waals surface area contributed by atoms with Crippen molar-refractivity contribution in [3.63, 3.8) is 0 Å². The molecule has 0 bridgehead atoms. The maximum absolute atomic E-state index is 12.6. The van der Waals surface area contributed by atoms with Gasteiger partial charge in [0.15, 0.2) is 5.78 Å². The molecule has 0 amide bonds. The number of ether oxygens (including phenoxy) is 1. The van der Waals surface area contributed by atoms with E-state index >= 15 is 0 Å². The predicted molar refractivity (Wildman–Crippen MR) is 416 cm³/mol. The van der Waals surface area contributed by atoms with E-state index in [1.165, 1.54) is 96.2 Å². The molecule has 484 valence electrons. The van der Waals surface area contributed by atoms with Crippen LogP contribution in [0.25, 0.3) is 62.6 Å². The van der Waals surface area contributed by atoms with Crippen molar-refractivity contribution in [2.75, 3.05) is 7.11 Å². The van der Waals surface area contributed by atoms with Crippen molar-refractivity contribution in [1.82, 2.24) is 0 Å². The molecule has 0 atom stereocenters. The Bertz CT molecular complexity index is 4850. The third-order valence-corrected chi connectivity index (χ3v) is 19.8. The molecule has 0 aliphatic heterocycles. The normalized spacial score (nSPS) is 11.9. The summed E-state index contributed by atoms with van der Waals surface area (Å²) in [5.74, 6) is 1.45. The first kappa shape index (κ1) is 69.2. The standard InChI is InChI=1S/C27H22O.C25H18O2.C19H12OS.C12H8S.4C2H6/c1-19-11-13-20(14-12-19)27(21-15-17-22(28-2)18-16-21)25-9-5-3-7-23(25)24-8-4-6-10-26(24)27;26-19-13-9-17(10-14-19)25(18-11-15-20(27)16-12-18)23-7-3-1-5-21(23)22-6-2-4-8-24(22)25;20-19(13-6-2-1-3-7-13)14-10-11-18-16(12-14)15-8-4-5-9-17(15)21-18;1-3-7-11-9(5-1)10-6-2-4-8-12(10)13-11;4*1-2/h3-18H,1-2H3;1-16,26-27H;1-12H;1-8H;4*1-2H3. The van der Waals surface area contributed by atoms with Gasteiger partial charge < -0.3 is 14.9 Å². The van der Waals surface area contributed by atoms with Gasteiger partial charge in [0.05, 0.1) is 17.9 Å². The quantitative estimate of drug-likeness (QED) is 0.156. The molecule has 13 aromatic carbocycles. The molecule has 6 heteroatoms. The summed E-state index contributed by atoms with van der Waals surface area (Å²) in [4.78, 5) is 12.6. The Morgan fingerprint density at radius 3 is 0.979 bits per heavy atom. The summed E-state index contributed by atoms with van der Waals surface area (Å²) in [5.41, 5.74) is 16.8. The maximum atomic E-state index is 12.6. The first-order valence-corrected chi connectivity index (χ1v) is 35.4. The van der Waals surface area contributed by atoms with E-state index in [2.05, 4.69) is 219 Å². The van der Waals surface area contributed by atoms with Gasteiger partial charge in [-0.3, -0.25) is 4.79 Å². The van der Waals surface area contributed by atoms with E-state index in [9.17, 15) is 15.0 Å². The molecule has 0 spiro atoms. The lowest BCUT2D eigenvalue weighted by molar-refractivity contribution is 0.103. The Balaban J connectivity index is 0.000000139. The van der Waals surface area contributed by atoms with Gasteiger partial charge in [-0.05, 0) is 146 Å². The Labute approximate surface area is 581 Å². The number of rotatable bonds is 7. The van der Waals surface area contributed by atoms with Crippen molar-refractivity contribution >= 4 is 68.8 Å². The average Bonchev–Trinajstić information content (AvgIpc) is 1.56. The van der Waals surface area contributed by atoms with E-state index in [-0.39, 0.29) is 22.7 Å². The van der Waals surface area contributed by atoms with E-state index in [4.69, 9.17) is 4.74 Å². The molecule has 97 heavy (non-hydrogen) atoms. The molecule has 0 saturated carbocycles. The summed E-state index contributed by atoms with van der Waals surface area (Å²) >= 11 is 3.63. The number of carbonyl (C=O) groups is 1. The van der Waals surface area contributed by atoms with Crippen molar-refractivity contribution in [3.8, 4) is 39.5 Å². The molecule has 0 fully saturated rings. The third kappa shape index (κ3) is 13.5. The number of hydrogen-bond acceptors (Lipinski definition) is 6. The Kier molecular flexibility index (Phi) is 23.0. The first-order valence-electron chi connectivity index (χ1n) is 33.8. The zero-order chi connectivity index (χ0) is 68.5. The number of carbonyl (C=O) groups excluding carboxylic acids is 1. The van der Waals surface area contributed by atoms with Gasteiger partial charge in [-0.2, -0.15) is 0 Å². The Morgan fingerprint density at radius 1 is 0.309 bits per heavy atom. The number of benzene rings is 13. The van der Waals surface area contributed by atoms with Crippen LogP contribution in [0.15, 0.2) is 315 Å². The lowest BCUT2D eigenvalue weighted by Crippen LogP contribution is -2.28. The van der Waals surface area contributed by atoms with Gasteiger partial charge in [0.1, 0.15) is 17.2 Å². The summed E-state index contributed by atoms with van der Waals surface area (Å²) in [7, 11) is 1.71. The van der Waals surface area contributed by atoms with Gasteiger partial charge in [0.2, 0.25) is 0 Å². The highest BCUT2D eigenvalue weighted by atomic mass is 32.1. The topological polar surface area (TPSA) is 66.8 Å². The van der Waals surface area contributed by atoms with E-state index < -0.39 is 5.41 Å². The summed E-state index contributed by atoms with van der Waals surface area (Å²) in [5, 5.41) is 24.8. The largest absolute Gasteiger partial charge is 0.508 e. The van der Waals surface area contributed by atoms with Crippen LogP contribution in [0.1, 0.15) is 121 Å². The molecule has 2 N–H and O–H groups in total. The zero-order valence-electron chi connectivity index (χ0n) is 57.0. The van der Waals surface area contributed by atoms with Crippen LogP contribution in [0, 0.1) is 6.92 Å². The number of hydrogen-bond donors (Lipinski definition) is 2. The molecule has 17 rings (SSSR count). The SMILES string of the molecule is CC.CC.CC.CC.COc1ccc(C2(c3ccc(C)cc3)c3ccccc3-c3ccccc32)cc1.O=C(c1ccccc1)c1ccc2sc3ccccc3c2c1.Oc1ccc(C2(c3ccc(O)cc3)c3ccccc3-c3ccccc32)cc1.c1ccc2c(c1)sc1ccccc12.